The lowest BCUT2D eigenvalue weighted by atomic mass is 10.3. The second-order valence-electron chi connectivity index (χ2n) is 3.24. The van der Waals surface area contributed by atoms with Gasteiger partial charge in [0.1, 0.15) is 6.61 Å². The van der Waals surface area contributed by atoms with Crippen LogP contribution in [-0.4, -0.2) is 63.9 Å². The van der Waals surface area contributed by atoms with Crippen molar-refractivity contribution >= 4 is 5.97 Å². The highest BCUT2D eigenvalue weighted by Gasteiger charge is 2.13. The van der Waals surface area contributed by atoms with E-state index in [9.17, 15) is 4.79 Å². The Bertz CT molecular complexity index is 169. The maximum absolute atomic E-state index is 11.2. The van der Waals surface area contributed by atoms with Gasteiger partial charge in [-0.15, -0.1) is 0 Å². The van der Waals surface area contributed by atoms with E-state index < -0.39 is 0 Å². The highest BCUT2D eigenvalue weighted by Crippen LogP contribution is 1.92. The van der Waals surface area contributed by atoms with Crippen LogP contribution in [0.25, 0.3) is 0 Å². The van der Waals surface area contributed by atoms with E-state index in [0.717, 1.165) is 26.2 Å². The van der Waals surface area contributed by atoms with E-state index >= 15 is 0 Å². The monoisotopic (exact) mass is 202 g/mol. The van der Waals surface area contributed by atoms with Crippen molar-refractivity contribution in [1.29, 1.82) is 0 Å². The van der Waals surface area contributed by atoms with Gasteiger partial charge in [-0.05, 0) is 0 Å². The molecule has 0 spiro atoms. The van der Waals surface area contributed by atoms with Crippen LogP contribution in [-0.2, 0) is 14.3 Å². The molecule has 1 aliphatic heterocycles. The van der Waals surface area contributed by atoms with Crippen LogP contribution in [0.15, 0.2) is 0 Å². The molecule has 1 fully saturated rings. The van der Waals surface area contributed by atoms with Crippen LogP contribution >= 0.6 is 0 Å². The molecular formula is C9H18N2O3. The summed E-state index contributed by atoms with van der Waals surface area (Å²) in [6, 6.07) is 0. The number of esters is 1. The van der Waals surface area contributed by atoms with Gasteiger partial charge in [0, 0.05) is 33.3 Å². The average molecular weight is 202 g/mol. The molecule has 14 heavy (non-hydrogen) atoms. The van der Waals surface area contributed by atoms with Crippen LogP contribution in [0.1, 0.15) is 0 Å². The van der Waals surface area contributed by atoms with E-state index in [2.05, 4.69) is 10.2 Å². The first-order valence-corrected chi connectivity index (χ1v) is 4.90. The van der Waals surface area contributed by atoms with Crippen molar-refractivity contribution in [2.45, 2.75) is 0 Å². The van der Waals surface area contributed by atoms with Crippen molar-refractivity contribution in [2.24, 2.45) is 0 Å². The van der Waals surface area contributed by atoms with E-state index in [-0.39, 0.29) is 5.97 Å². The number of hydrogen-bond donors (Lipinski definition) is 1. The van der Waals surface area contributed by atoms with Crippen LogP contribution in [0.5, 0.6) is 0 Å². The molecule has 0 bridgehead atoms. The van der Waals surface area contributed by atoms with E-state index in [4.69, 9.17) is 9.47 Å². The second-order valence-corrected chi connectivity index (χ2v) is 3.24. The molecule has 5 nitrogen and oxygen atoms in total. The summed E-state index contributed by atoms with van der Waals surface area (Å²) in [5.74, 6) is -0.163. The van der Waals surface area contributed by atoms with Gasteiger partial charge in [-0.1, -0.05) is 0 Å². The number of methoxy groups -OCH3 is 1. The SMILES string of the molecule is COCCOC(=O)CN1CCNCC1. The molecule has 0 atom stereocenters. The zero-order valence-corrected chi connectivity index (χ0v) is 8.62. The summed E-state index contributed by atoms with van der Waals surface area (Å²) in [7, 11) is 1.59. The van der Waals surface area contributed by atoms with Gasteiger partial charge in [0.15, 0.2) is 0 Å². The number of carbonyl (C=O) groups excluding carboxylic acids is 1. The van der Waals surface area contributed by atoms with Gasteiger partial charge in [0.05, 0.1) is 13.2 Å². The van der Waals surface area contributed by atoms with Gasteiger partial charge in [0.2, 0.25) is 0 Å². The predicted molar refractivity (Wildman–Crippen MR) is 52.1 cm³/mol. The molecule has 1 heterocycles. The predicted octanol–water partition coefficient (Wildman–Crippen LogP) is -0.919. The maximum atomic E-state index is 11.2. The van der Waals surface area contributed by atoms with E-state index in [0.29, 0.717) is 19.8 Å². The van der Waals surface area contributed by atoms with Crippen LogP contribution < -0.4 is 5.32 Å². The normalized spacial score (nSPS) is 18.1. The third-order valence-electron chi connectivity index (χ3n) is 2.11. The fraction of sp³-hybridized carbons (Fsp3) is 0.889. The molecule has 0 radical (unpaired) electrons. The molecule has 1 aliphatic rings. The van der Waals surface area contributed by atoms with Crippen molar-refractivity contribution in [3.63, 3.8) is 0 Å². The molecule has 5 heteroatoms. The molecular weight excluding hydrogens is 184 g/mol. The maximum Gasteiger partial charge on any atom is 0.320 e. The number of ether oxygens (including phenoxy) is 2. The number of hydrogen-bond acceptors (Lipinski definition) is 5. The van der Waals surface area contributed by atoms with E-state index in [1.54, 1.807) is 7.11 Å². The van der Waals surface area contributed by atoms with Crippen molar-refractivity contribution in [1.82, 2.24) is 10.2 Å². The number of carbonyl (C=O) groups is 1. The van der Waals surface area contributed by atoms with Gasteiger partial charge in [0.25, 0.3) is 0 Å². The zero-order chi connectivity index (χ0) is 10.2. The second kappa shape index (κ2) is 6.75. The average Bonchev–Trinajstić information content (AvgIpc) is 2.20. The minimum Gasteiger partial charge on any atom is -0.462 e. The summed E-state index contributed by atoms with van der Waals surface area (Å²) < 4.78 is 9.74. The van der Waals surface area contributed by atoms with E-state index in [1.807, 2.05) is 0 Å². The number of piperazine rings is 1. The van der Waals surface area contributed by atoms with Gasteiger partial charge in [-0.3, -0.25) is 9.69 Å². The first-order chi connectivity index (χ1) is 6.83. The van der Waals surface area contributed by atoms with Crippen LogP contribution in [0, 0.1) is 0 Å². The highest BCUT2D eigenvalue weighted by molar-refractivity contribution is 5.71. The highest BCUT2D eigenvalue weighted by atomic mass is 16.6. The third-order valence-corrected chi connectivity index (χ3v) is 2.11. The van der Waals surface area contributed by atoms with Gasteiger partial charge in [-0.25, -0.2) is 0 Å². The minimum absolute atomic E-state index is 0.163. The molecule has 1 N–H and O–H groups in total. The molecule has 1 rings (SSSR count). The Labute approximate surface area is 84.4 Å². The Hall–Kier alpha value is -0.650. The Morgan fingerprint density at radius 1 is 1.36 bits per heavy atom. The topological polar surface area (TPSA) is 50.8 Å². The molecule has 0 aliphatic carbocycles. The molecule has 0 aromatic rings. The van der Waals surface area contributed by atoms with Crippen molar-refractivity contribution in [3.8, 4) is 0 Å². The Kier molecular flexibility index (Phi) is 5.51. The van der Waals surface area contributed by atoms with Crippen molar-refractivity contribution in [2.75, 3.05) is 53.0 Å². The van der Waals surface area contributed by atoms with Gasteiger partial charge < -0.3 is 14.8 Å². The minimum atomic E-state index is -0.163. The van der Waals surface area contributed by atoms with Gasteiger partial charge in [-0.2, -0.15) is 0 Å². The van der Waals surface area contributed by atoms with Crippen LogP contribution in [0.3, 0.4) is 0 Å². The first-order valence-electron chi connectivity index (χ1n) is 4.90. The largest absolute Gasteiger partial charge is 0.462 e. The summed E-state index contributed by atoms with van der Waals surface area (Å²) in [5, 5.41) is 3.23. The van der Waals surface area contributed by atoms with Crippen molar-refractivity contribution < 1.29 is 14.3 Å². The van der Waals surface area contributed by atoms with Crippen molar-refractivity contribution in [3.05, 3.63) is 0 Å². The molecule has 0 amide bonds. The first kappa shape index (κ1) is 11.4. The summed E-state index contributed by atoms with van der Waals surface area (Å²) in [6.45, 7) is 4.94. The number of rotatable bonds is 5. The molecule has 82 valence electrons. The summed E-state index contributed by atoms with van der Waals surface area (Å²) in [4.78, 5) is 13.3. The third kappa shape index (κ3) is 4.55. The van der Waals surface area contributed by atoms with Crippen LogP contribution in [0.2, 0.25) is 0 Å². The zero-order valence-electron chi connectivity index (χ0n) is 8.62. The lowest BCUT2D eigenvalue weighted by Gasteiger charge is -2.25. The summed E-state index contributed by atoms with van der Waals surface area (Å²) >= 11 is 0. The Morgan fingerprint density at radius 2 is 2.07 bits per heavy atom. The van der Waals surface area contributed by atoms with E-state index in [1.165, 1.54) is 0 Å². The Balaban J connectivity index is 2.06. The standard InChI is InChI=1S/C9H18N2O3/c1-13-6-7-14-9(12)8-11-4-2-10-3-5-11/h10H,2-8H2,1H3. The summed E-state index contributed by atoms with van der Waals surface area (Å²) in [6.07, 6.45) is 0. The molecule has 0 unspecified atom stereocenters. The molecule has 1 saturated heterocycles. The Morgan fingerprint density at radius 3 is 2.71 bits per heavy atom. The smallest absolute Gasteiger partial charge is 0.320 e. The number of nitrogens with one attached hydrogen (secondary N) is 1. The number of nitrogens with zero attached hydrogens (tertiary/aromatic N) is 1. The van der Waals surface area contributed by atoms with Gasteiger partial charge >= 0.3 is 5.97 Å². The lowest BCUT2D eigenvalue weighted by molar-refractivity contribution is -0.146. The quantitative estimate of drug-likeness (QED) is 0.461. The van der Waals surface area contributed by atoms with Crippen LogP contribution in [0.4, 0.5) is 0 Å². The molecule has 0 saturated carbocycles. The molecule has 0 aromatic carbocycles. The fourth-order valence-electron chi connectivity index (χ4n) is 1.34. The fourth-order valence-corrected chi connectivity index (χ4v) is 1.34. The lowest BCUT2D eigenvalue weighted by Crippen LogP contribution is -2.45. The molecule has 0 aromatic heterocycles. The summed E-state index contributed by atoms with van der Waals surface area (Å²) in [5.41, 5.74) is 0.